The van der Waals surface area contributed by atoms with Gasteiger partial charge in [-0.3, -0.25) is 0 Å². The SMILES string of the molecule is CC(C)c1ccc(S(=O)(=O)N2CCN(c3ncccc3C(=O)O)CC2)cc1. The van der Waals surface area contributed by atoms with Gasteiger partial charge in [0.1, 0.15) is 11.4 Å². The molecule has 1 aliphatic rings. The largest absolute Gasteiger partial charge is 0.478 e. The predicted molar refractivity (Wildman–Crippen MR) is 103 cm³/mol. The number of aromatic nitrogens is 1. The number of carbonyl (C=O) groups is 1. The third-order valence-corrected chi connectivity index (χ3v) is 6.65. The number of carboxylic acid groups (broad SMARTS) is 1. The molecule has 0 radical (unpaired) electrons. The number of nitrogens with zero attached hydrogens (tertiary/aromatic N) is 3. The monoisotopic (exact) mass is 389 g/mol. The zero-order chi connectivity index (χ0) is 19.6. The summed E-state index contributed by atoms with van der Waals surface area (Å²) in [6, 6.07) is 10.1. The van der Waals surface area contributed by atoms with Gasteiger partial charge in [0.2, 0.25) is 10.0 Å². The van der Waals surface area contributed by atoms with E-state index in [0.717, 1.165) is 5.56 Å². The van der Waals surface area contributed by atoms with Gasteiger partial charge in [-0.1, -0.05) is 26.0 Å². The third kappa shape index (κ3) is 3.96. The van der Waals surface area contributed by atoms with Gasteiger partial charge in [-0.05, 0) is 35.7 Å². The van der Waals surface area contributed by atoms with E-state index in [2.05, 4.69) is 18.8 Å². The Morgan fingerprint density at radius 2 is 1.70 bits per heavy atom. The second kappa shape index (κ2) is 7.66. The summed E-state index contributed by atoms with van der Waals surface area (Å²) in [5, 5.41) is 9.31. The van der Waals surface area contributed by atoms with E-state index >= 15 is 0 Å². The quantitative estimate of drug-likeness (QED) is 0.844. The molecule has 0 spiro atoms. The van der Waals surface area contributed by atoms with Crippen LogP contribution in [0.1, 0.15) is 35.7 Å². The Kier molecular flexibility index (Phi) is 5.48. The minimum absolute atomic E-state index is 0.123. The Morgan fingerprint density at radius 3 is 2.26 bits per heavy atom. The van der Waals surface area contributed by atoms with E-state index in [-0.39, 0.29) is 23.5 Å². The van der Waals surface area contributed by atoms with Crippen LogP contribution in [0.2, 0.25) is 0 Å². The Hall–Kier alpha value is -2.45. The molecule has 3 rings (SSSR count). The lowest BCUT2D eigenvalue weighted by atomic mass is 10.0. The van der Waals surface area contributed by atoms with E-state index in [1.165, 1.54) is 10.4 Å². The van der Waals surface area contributed by atoms with Crippen molar-refractivity contribution < 1.29 is 18.3 Å². The molecular weight excluding hydrogens is 366 g/mol. The van der Waals surface area contributed by atoms with E-state index in [1.54, 1.807) is 24.4 Å². The van der Waals surface area contributed by atoms with Crippen molar-refractivity contribution in [3.63, 3.8) is 0 Å². The molecule has 1 saturated heterocycles. The fourth-order valence-electron chi connectivity index (χ4n) is 3.13. The normalized spacial score (nSPS) is 15.9. The summed E-state index contributed by atoms with van der Waals surface area (Å²) in [5.41, 5.74) is 1.22. The van der Waals surface area contributed by atoms with Gasteiger partial charge in [-0.25, -0.2) is 18.2 Å². The molecule has 2 aromatic rings. The molecule has 0 unspecified atom stereocenters. The van der Waals surface area contributed by atoms with Crippen molar-refractivity contribution in [3.8, 4) is 0 Å². The molecule has 0 amide bonds. The molecule has 0 atom stereocenters. The molecule has 1 fully saturated rings. The number of aromatic carboxylic acids is 1. The summed E-state index contributed by atoms with van der Waals surface area (Å²) >= 11 is 0. The fraction of sp³-hybridized carbons (Fsp3) is 0.368. The second-order valence-electron chi connectivity index (χ2n) is 6.79. The van der Waals surface area contributed by atoms with Crippen LogP contribution in [0.4, 0.5) is 5.82 Å². The zero-order valence-corrected chi connectivity index (χ0v) is 16.2. The Labute approximate surface area is 159 Å². The van der Waals surface area contributed by atoms with Gasteiger partial charge in [0.25, 0.3) is 0 Å². The molecule has 0 aliphatic carbocycles. The third-order valence-electron chi connectivity index (χ3n) is 4.74. The van der Waals surface area contributed by atoms with Crippen LogP contribution in [0.5, 0.6) is 0 Å². The van der Waals surface area contributed by atoms with Gasteiger partial charge in [0, 0.05) is 32.4 Å². The van der Waals surface area contributed by atoms with E-state index in [4.69, 9.17) is 0 Å². The number of sulfonamides is 1. The van der Waals surface area contributed by atoms with E-state index in [0.29, 0.717) is 24.8 Å². The van der Waals surface area contributed by atoms with Crippen LogP contribution in [0.25, 0.3) is 0 Å². The molecule has 27 heavy (non-hydrogen) atoms. The van der Waals surface area contributed by atoms with Crippen molar-refractivity contribution in [2.45, 2.75) is 24.7 Å². The van der Waals surface area contributed by atoms with Gasteiger partial charge < -0.3 is 10.0 Å². The minimum Gasteiger partial charge on any atom is -0.478 e. The average Bonchev–Trinajstić information content (AvgIpc) is 2.68. The number of hydrogen-bond acceptors (Lipinski definition) is 5. The maximum atomic E-state index is 12.9. The lowest BCUT2D eigenvalue weighted by Crippen LogP contribution is -2.49. The van der Waals surface area contributed by atoms with Crippen molar-refractivity contribution in [1.82, 2.24) is 9.29 Å². The van der Waals surface area contributed by atoms with Crippen molar-refractivity contribution in [2.24, 2.45) is 0 Å². The van der Waals surface area contributed by atoms with Gasteiger partial charge in [0.05, 0.1) is 4.90 Å². The number of hydrogen-bond donors (Lipinski definition) is 1. The molecule has 1 aromatic carbocycles. The molecule has 1 N–H and O–H groups in total. The Morgan fingerprint density at radius 1 is 1.07 bits per heavy atom. The van der Waals surface area contributed by atoms with E-state index < -0.39 is 16.0 Å². The van der Waals surface area contributed by atoms with Crippen LogP contribution in [0.3, 0.4) is 0 Å². The number of benzene rings is 1. The number of pyridine rings is 1. The molecule has 8 heteroatoms. The maximum absolute atomic E-state index is 12.9. The van der Waals surface area contributed by atoms with Gasteiger partial charge in [-0.15, -0.1) is 0 Å². The highest BCUT2D eigenvalue weighted by Crippen LogP contribution is 2.24. The molecule has 2 heterocycles. The number of anilines is 1. The first-order valence-electron chi connectivity index (χ1n) is 8.84. The maximum Gasteiger partial charge on any atom is 0.339 e. The number of piperazine rings is 1. The standard InChI is InChI=1S/C19H23N3O4S/c1-14(2)15-5-7-16(8-6-15)27(25,26)22-12-10-21(11-13-22)18-17(19(23)24)4-3-9-20-18/h3-9,14H,10-13H2,1-2H3,(H,23,24). The first kappa shape index (κ1) is 19.3. The summed E-state index contributed by atoms with van der Waals surface area (Å²) in [4.78, 5) is 17.6. The van der Waals surface area contributed by atoms with Crippen LogP contribution in [-0.2, 0) is 10.0 Å². The van der Waals surface area contributed by atoms with Crippen LogP contribution in [-0.4, -0.2) is 55.0 Å². The van der Waals surface area contributed by atoms with Crippen molar-refractivity contribution >= 4 is 21.8 Å². The van der Waals surface area contributed by atoms with Gasteiger partial charge in [-0.2, -0.15) is 4.31 Å². The van der Waals surface area contributed by atoms with Crippen LogP contribution in [0, 0.1) is 0 Å². The molecule has 1 aliphatic heterocycles. The first-order chi connectivity index (χ1) is 12.8. The topological polar surface area (TPSA) is 90.8 Å². The second-order valence-corrected chi connectivity index (χ2v) is 8.73. The molecular formula is C19H23N3O4S. The molecule has 7 nitrogen and oxygen atoms in total. The van der Waals surface area contributed by atoms with Gasteiger partial charge >= 0.3 is 5.97 Å². The summed E-state index contributed by atoms with van der Waals surface area (Å²) in [7, 11) is -3.57. The van der Waals surface area contributed by atoms with Gasteiger partial charge in [0.15, 0.2) is 0 Å². The lowest BCUT2D eigenvalue weighted by molar-refractivity contribution is 0.0697. The van der Waals surface area contributed by atoms with Crippen LogP contribution < -0.4 is 4.90 Å². The molecule has 0 saturated carbocycles. The Balaban J connectivity index is 1.74. The fourth-order valence-corrected chi connectivity index (χ4v) is 4.55. The predicted octanol–water partition coefficient (Wildman–Crippen LogP) is 2.41. The smallest absolute Gasteiger partial charge is 0.339 e. The molecule has 144 valence electrons. The van der Waals surface area contributed by atoms with Crippen molar-refractivity contribution in [1.29, 1.82) is 0 Å². The first-order valence-corrected chi connectivity index (χ1v) is 10.3. The number of rotatable bonds is 5. The Bertz CT molecular complexity index is 918. The minimum atomic E-state index is -3.57. The van der Waals surface area contributed by atoms with Crippen LogP contribution >= 0.6 is 0 Å². The van der Waals surface area contributed by atoms with E-state index in [9.17, 15) is 18.3 Å². The summed E-state index contributed by atoms with van der Waals surface area (Å²) in [5.74, 6) is -0.325. The lowest BCUT2D eigenvalue weighted by Gasteiger charge is -2.35. The molecule has 1 aromatic heterocycles. The number of carboxylic acids is 1. The van der Waals surface area contributed by atoms with Crippen LogP contribution in [0.15, 0.2) is 47.5 Å². The molecule has 0 bridgehead atoms. The summed E-state index contributed by atoms with van der Waals surface area (Å²) in [6.07, 6.45) is 1.54. The summed E-state index contributed by atoms with van der Waals surface area (Å²) in [6.45, 7) is 5.46. The van der Waals surface area contributed by atoms with E-state index in [1.807, 2.05) is 17.0 Å². The highest BCUT2D eigenvalue weighted by atomic mass is 32.2. The highest BCUT2D eigenvalue weighted by Gasteiger charge is 2.30. The van der Waals surface area contributed by atoms with Crippen molar-refractivity contribution in [2.75, 3.05) is 31.1 Å². The van der Waals surface area contributed by atoms with Crippen molar-refractivity contribution in [3.05, 3.63) is 53.7 Å². The summed E-state index contributed by atoms with van der Waals surface area (Å²) < 4.78 is 27.2. The average molecular weight is 389 g/mol. The highest BCUT2D eigenvalue weighted by molar-refractivity contribution is 7.89. The zero-order valence-electron chi connectivity index (χ0n) is 15.4.